The van der Waals surface area contributed by atoms with Crippen molar-refractivity contribution in [2.75, 3.05) is 5.75 Å². The molecule has 0 aromatic rings. The van der Waals surface area contributed by atoms with Crippen LogP contribution >= 0.6 is 0 Å². The number of rotatable bonds is 1. The van der Waals surface area contributed by atoms with Crippen LogP contribution in [0.2, 0.25) is 0 Å². The lowest BCUT2D eigenvalue weighted by Crippen LogP contribution is -2.15. The zero-order valence-corrected chi connectivity index (χ0v) is 6.70. The molecule has 0 rings (SSSR count). The molecule has 0 saturated carbocycles. The summed E-state index contributed by atoms with van der Waals surface area (Å²) in [7, 11) is 0. The van der Waals surface area contributed by atoms with Gasteiger partial charge >= 0.3 is 0 Å². The van der Waals surface area contributed by atoms with Crippen molar-refractivity contribution < 1.29 is 13.5 Å². The summed E-state index contributed by atoms with van der Waals surface area (Å²) in [4.78, 5) is 0. The van der Waals surface area contributed by atoms with Gasteiger partial charge in [0.05, 0.1) is 5.75 Å². The smallest absolute Gasteiger partial charge is 0.153 e. The minimum Gasteiger partial charge on any atom is -0.306 e. The SMILES string of the molecule is CC(C)(C)CS(=O)O.F. The highest BCUT2D eigenvalue weighted by molar-refractivity contribution is 7.79. The van der Waals surface area contributed by atoms with E-state index in [1.165, 1.54) is 0 Å². The summed E-state index contributed by atoms with van der Waals surface area (Å²) in [6, 6.07) is 0. The Morgan fingerprint density at radius 1 is 1.44 bits per heavy atom. The molecule has 0 aliphatic heterocycles. The van der Waals surface area contributed by atoms with E-state index in [1.54, 1.807) is 0 Å². The Balaban J connectivity index is 0. The number of halogens is 1. The molecule has 1 N–H and O–H groups in total. The zero-order chi connectivity index (χ0) is 6.78. The molecule has 0 aromatic heterocycles. The van der Waals surface area contributed by atoms with Crippen molar-refractivity contribution in [3.05, 3.63) is 0 Å². The molecule has 9 heavy (non-hydrogen) atoms. The van der Waals surface area contributed by atoms with Crippen molar-refractivity contribution in [2.45, 2.75) is 20.8 Å². The van der Waals surface area contributed by atoms with Gasteiger partial charge in [0.15, 0.2) is 11.1 Å². The molecule has 0 spiro atoms. The third-order valence-electron chi connectivity index (χ3n) is 0.556. The molecule has 0 radical (unpaired) electrons. The lowest BCUT2D eigenvalue weighted by molar-refractivity contribution is 0.454. The van der Waals surface area contributed by atoms with Gasteiger partial charge in [-0.2, -0.15) is 0 Å². The Labute approximate surface area is 57.3 Å². The van der Waals surface area contributed by atoms with Crippen LogP contribution in [0.4, 0.5) is 4.70 Å². The van der Waals surface area contributed by atoms with Crippen LogP contribution in [0.3, 0.4) is 0 Å². The molecule has 0 fully saturated rings. The normalized spacial score (nSPS) is 14.2. The van der Waals surface area contributed by atoms with Gasteiger partial charge in [-0.05, 0) is 5.41 Å². The van der Waals surface area contributed by atoms with Crippen LogP contribution in [0.1, 0.15) is 20.8 Å². The predicted molar refractivity (Wildman–Crippen MR) is 37.6 cm³/mol. The maximum absolute atomic E-state index is 10.1. The minimum atomic E-state index is -1.64. The fourth-order valence-electron chi connectivity index (χ4n) is 0.370. The van der Waals surface area contributed by atoms with Gasteiger partial charge in [0, 0.05) is 0 Å². The van der Waals surface area contributed by atoms with Crippen LogP contribution in [0.5, 0.6) is 0 Å². The minimum absolute atomic E-state index is 0. The predicted octanol–water partition coefficient (Wildman–Crippen LogP) is 1.41. The quantitative estimate of drug-likeness (QED) is 0.583. The third-order valence-corrected chi connectivity index (χ3v) is 1.67. The molecule has 1 atom stereocenters. The van der Waals surface area contributed by atoms with Gasteiger partial charge in [0.2, 0.25) is 0 Å². The van der Waals surface area contributed by atoms with E-state index in [1.807, 2.05) is 20.8 Å². The van der Waals surface area contributed by atoms with Gasteiger partial charge in [-0.1, -0.05) is 20.8 Å². The van der Waals surface area contributed by atoms with E-state index in [-0.39, 0.29) is 10.1 Å². The Hall–Kier alpha value is 0.0400. The first-order valence-corrected chi connectivity index (χ1v) is 3.77. The molecule has 0 aliphatic carbocycles. The number of hydrogen-bond acceptors (Lipinski definition) is 1. The molecule has 2 nitrogen and oxygen atoms in total. The van der Waals surface area contributed by atoms with E-state index < -0.39 is 11.1 Å². The summed E-state index contributed by atoms with van der Waals surface area (Å²) in [5.74, 6) is 0.354. The second-order valence-corrected chi connectivity index (χ2v) is 3.96. The zero-order valence-electron chi connectivity index (χ0n) is 5.88. The van der Waals surface area contributed by atoms with E-state index in [2.05, 4.69) is 0 Å². The van der Waals surface area contributed by atoms with Crippen LogP contribution in [-0.4, -0.2) is 14.5 Å². The third kappa shape index (κ3) is 11.5. The standard InChI is InChI=1S/C5H12O2S.FH/c1-5(2,3)4-8(6)7;/h4H2,1-3H3,(H,6,7);1H. The molecule has 0 amide bonds. The molecule has 0 aromatic carbocycles. The summed E-state index contributed by atoms with van der Waals surface area (Å²) in [5, 5.41) is 0. The van der Waals surface area contributed by atoms with Crippen LogP contribution in [0.15, 0.2) is 0 Å². The maximum Gasteiger partial charge on any atom is 0.153 e. The van der Waals surface area contributed by atoms with Crippen molar-refractivity contribution >= 4 is 11.1 Å². The number of hydrogen-bond donors (Lipinski definition) is 1. The van der Waals surface area contributed by atoms with Gasteiger partial charge in [0.1, 0.15) is 0 Å². The first-order chi connectivity index (χ1) is 3.42. The van der Waals surface area contributed by atoms with E-state index in [0.717, 1.165) is 0 Å². The van der Waals surface area contributed by atoms with E-state index in [9.17, 15) is 4.21 Å². The largest absolute Gasteiger partial charge is 0.306 e. The molecule has 0 saturated heterocycles. The molecule has 0 aliphatic rings. The second kappa shape index (κ2) is 3.95. The van der Waals surface area contributed by atoms with Crippen LogP contribution in [0, 0.1) is 5.41 Å². The topological polar surface area (TPSA) is 37.3 Å². The first-order valence-electron chi connectivity index (χ1n) is 2.49. The summed E-state index contributed by atoms with van der Waals surface area (Å²) in [6.45, 7) is 5.80. The summed E-state index contributed by atoms with van der Waals surface area (Å²) < 4.78 is 18.5. The van der Waals surface area contributed by atoms with Crippen molar-refractivity contribution in [3.8, 4) is 0 Å². The van der Waals surface area contributed by atoms with Crippen molar-refractivity contribution in [3.63, 3.8) is 0 Å². The Kier molecular flexibility index (Phi) is 5.18. The average Bonchev–Trinajstić information content (AvgIpc) is 1.21. The van der Waals surface area contributed by atoms with Gasteiger partial charge in [-0.3, -0.25) is 4.70 Å². The molecule has 1 unspecified atom stereocenters. The Morgan fingerprint density at radius 3 is 1.78 bits per heavy atom. The molecule has 4 heteroatoms. The average molecular weight is 156 g/mol. The summed E-state index contributed by atoms with van der Waals surface area (Å²) >= 11 is -1.64. The van der Waals surface area contributed by atoms with E-state index in [0.29, 0.717) is 5.75 Å². The van der Waals surface area contributed by atoms with Gasteiger partial charge in [0.25, 0.3) is 0 Å². The lowest BCUT2D eigenvalue weighted by Gasteiger charge is -2.13. The van der Waals surface area contributed by atoms with Gasteiger partial charge < -0.3 is 4.55 Å². The van der Waals surface area contributed by atoms with Crippen molar-refractivity contribution in [1.82, 2.24) is 0 Å². The summed E-state index contributed by atoms with van der Waals surface area (Å²) in [6.07, 6.45) is 0. The Bertz CT molecular complexity index is 97.6. The molecule has 0 heterocycles. The van der Waals surface area contributed by atoms with Gasteiger partial charge in [-0.25, -0.2) is 4.21 Å². The molecule has 0 bridgehead atoms. The molecular weight excluding hydrogens is 143 g/mol. The highest BCUT2D eigenvalue weighted by atomic mass is 32.2. The highest BCUT2D eigenvalue weighted by Crippen LogP contribution is 2.12. The fourth-order valence-corrected chi connectivity index (χ4v) is 1.11. The van der Waals surface area contributed by atoms with Crippen LogP contribution in [0.25, 0.3) is 0 Å². The van der Waals surface area contributed by atoms with Crippen molar-refractivity contribution in [1.29, 1.82) is 0 Å². The van der Waals surface area contributed by atoms with Crippen LogP contribution < -0.4 is 0 Å². The Morgan fingerprint density at radius 2 is 1.78 bits per heavy atom. The van der Waals surface area contributed by atoms with Crippen LogP contribution in [-0.2, 0) is 11.1 Å². The maximum atomic E-state index is 10.1. The highest BCUT2D eigenvalue weighted by Gasteiger charge is 2.12. The van der Waals surface area contributed by atoms with E-state index >= 15 is 0 Å². The molecular formula is C5H13FO2S. The monoisotopic (exact) mass is 156 g/mol. The van der Waals surface area contributed by atoms with Crippen molar-refractivity contribution in [2.24, 2.45) is 5.41 Å². The fraction of sp³-hybridized carbons (Fsp3) is 1.00. The molecule has 58 valence electrons. The first kappa shape index (κ1) is 11.8. The lowest BCUT2D eigenvalue weighted by atomic mass is 10.0. The summed E-state index contributed by atoms with van der Waals surface area (Å²) in [5.41, 5.74) is -0.0282. The van der Waals surface area contributed by atoms with E-state index in [4.69, 9.17) is 4.55 Å². The van der Waals surface area contributed by atoms with Gasteiger partial charge in [-0.15, -0.1) is 0 Å². The second-order valence-electron chi connectivity index (χ2n) is 3.03.